The fraction of sp³-hybridized carbons (Fsp3) is 1.00. The van der Waals surface area contributed by atoms with Crippen LogP contribution >= 0.6 is 0 Å². The van der Waals surface area contributed by atoms with Crippen molar-refractivity contribution in [2.24, 2.45) is 0 Å². The number of aliphatic hydroxyl groups excluding tert-OH is 2. The van der Waals surface area contributed by atoms with Crippen LogP contribution in [0, 0.1) is 0 Å². The Labute approximate surface area is 65.8 Å². The molecule has 1 fully saturated rings. The van der Waals surface area contributed by atoms with Gasteiger partial charge in [-0.2, -0.15) is 0 Å². The second-order valence-electron chi connectivity index (χ2n) is 2.36. The molecule has 5 heteroatoms. The molecule has 0 aromatic rings. The fourth-order valence-corrected chi connectivity index (χ4v) is 1.05. The molecule has 4 nitrogen and oxygen atoms in total. The van der Waals surface area contributed by atoms with Crippen LogP contribution in [0.5, 0.6) is 0 Å². The Morgan fingerprint density at radius 2 is 2.10 bits per heavy atom. The van der Waals surface area contributed by atoms with E-state index in [2.05, 4.69) is 11.1 Å². The van der Waals surface area contributed by atoms with Crippen LogP contribution in [0.4, 0.5) is 0 Å². The van der Waals surface area contributed by atoms with Gasteiger partial charge in [-0.25, -0.2) is 0 Å². The predicted octanol–water partition coefficient (Wildman–Crippen LogP) is -6.07. The Hall–Kier alpha value is 0.130. The lowest BCUT2D eigenvalue weighted by Crippen LogP contribution is -3.00. The van der Waals surface area contributed by atoms with Gasteiger partial charge in [-0.1, -0.05) is 0 Å². The van der Waals surface area contributed by atoms with Gasteiger partial charge in [0.1, 0.15) is 6.10 Å². The molecule has 1 aliphatic heterocycles. The maximum Gasteiger partial charge on any atom is 0.102 e. The minimum atomic E-state index is -0.623. The summed E-state index contributed by atoms with van der Waals surface area (Å²) in [6.07, 6.45) is -1.22. The summed E-state index contributed by atoms with van der Waals surface area (Å²) in [5, 5.41) is 21.0. The second kappa shape index (κ2) is 4.10. The van der Waals surface area contributed by atoms with E-state index in [1.54, 1.807) is 0 Å². The summed E-state index contributed by atoms with van der Waals surface area (Å²) >= 11 is 0. The van der Waals surface area contributed by atoms with Gasteiger partial charge in [0.2, 0.25) is 0 Å². The van der Waals surface area contributed by atoms with Crippen molar-refractivity contribution < 1.29 is 28.4 Å². The summed E-state index contributed by atoms with van der Waals surface area (Å²) < 4.78 is 0. The van der Waals surface area contributed by atoms with Gasteiger partial charge in [0.25, 0.3) is 0 Å². The zero-order chi connectivity index (χ0) is 6.85. The van der Waals surface area contributed by atoms with Crippen LogP contribution in [0.2, 0.25) is 0 Å². The van der Waals surface area contributed by atoms with Crippen molar-refractivity contribution in [3.63, 3.8) is 0 Å². The third-order valence-corrected chi connectivity index (χ3v) is 1.71. The summed E-state index contributed by atoms with van der Waals surface area (Å²) in [6, 6.07) is -0.0139. The van der Waals surface area contributed by atoms with Crippen LogP contribution in [0.1, 0.15) is 0 Å². The van der Waals surface area contributed by atoms with E-state index in [4.69, 9.17) is 10.2 Å². The van der Waals surface area contributed by atoms with Gasteiger partial charge in [-0.3, -0.25) is 0 Å². The Bertz CT molecular complexity index is 104. The van der Waals surface area contributed by atoms with Gasteiger partial charge in [0, 0.05) is 6.54 Å². The molecule has 0 aliphatic carbocycles. The van der Waals surface area contributed by atoms with Crippen LogP contribution in [0.3, 0.4) is 0 Å². The van der Waals surface area contributed by atoms with Crippen LogP contribution in [-0.4, -0.2) is 41.6 Å². The summed E-state index contributed by atoms with van der Waals surface area (Å²) in [6.45, 7) is 1.11. The molecule has 0 amide bonds. The van der Waals surface area contributed by atoms with E-state index in [1.807, 2.05) is 0 Å². The van der Waals surface area contributed by atoms with Crippen molar-refractivity contribution in [2.45, 2.75) is 18.2 Å². The molecule has 62 valence electrons. The molecule has 0 saturated carbocycles. The number of halogens is 1. The highest BCUT2D eigenvalue weighted by Crippen LogP contribution is 2.04. The van der Waals surface area contributed by atoms with Crippen molar-refractivity contribution >= 4 is 0 Å². The molecule has 0 spiro atoms. The summed E-state index contributed by atoms with van der Waals surface area (Å²) in [4.78, 5) is 0. The van der Waals surface area contributed by atoms with E-state index in [1.165, 1.54) is 0 Å². The van der Waals surface area contributed by atoms with Crippen molar-refractivity contribution in [1.29, 1.82) is 0 Å². The van der Waals surface area contributed by atoms with Crippen molar-refractivity contribution in [3.8, 4) is 0 Å². The van der Waals surface area contributed by atoms with Gasteiger partial charge >= 0.3 is 0 Å². The van der Waals surface area contributed by atoms with E-state index in [0.29, 0.717) is 13.1 Å². The summed E-state index contributed by atoms with van der Waals surface area (Å²) in [5.74, 6) is 0. The highest BCUT2D eigenvalue weighted by Gasteiger charge is 2.32. The Morgan fingerprint density at radius 1 is 1.50 bits per heavy atom. The Balaban J connectivity index is 0.000000810. The van der Waals surface area contributed by atoms with Crippen molar-refractivity contribution in [2.75, 3.05) is 13.1 Å². The molecule has 1 heterocycles. The molecule has 0 aromatic heterocycles. The lowest BCUT2D eigenvalue weighted by molar-refractivity contribution is -0.375. The number of hydrogen-bond donors (Lipinski definition) is 4. The molecular formula is C5H13ClN2O2. The molecule has 3 atom stereocenters. The highest BCUT2D eigenvalue weighted by molar-refractivity contribution is 4.89. The van der Waals surface area contributed by atoms with Gasteiger partial charge in [-0.05, 0) is 0 Å². The maximum absolute atomic E-state index is 9.10. The lowest BCUT2D eigenvalue weighted by Gasteiger charge is -2.10. The minimum Gasteiger partial charge on any atom is -1.00 e. The van der Waals surface area contributed by atoms with E-state index in [-0.39, 0.29) is 18.4 Å². The molecule has 1 aliphatic rings. The predicted molar refractivity (Wildman–Crippen MR) is 31.6 cm³/mol. The van der Waals surface area contributed by atoms with E-state index >= 15 is 0 Å². The highest BCUT2D eigenvalue weighted by atomic mass is 35.5. The smallest absolute Gasteiger partial charge is 0.102 e. The number of nitrogens with one attached hydrogen (secondary N) is 1. The first kappa shape index (κ1) is 10.1. The quantitative estimate of drug-likeness (QED) is 0.315. The van der Waals surface area contributed by atoms with Gasteiger partial charge < -0.3 is 33.7 Å². The van der Waals surface area contributed by atoms with Crippen LogP contribution in [0.15, 0.2) is 0 Å². The van der Waals surface area contributed by atoms with Crippen LogP contribution in [-0.2, 0) is 0 Å². The first-order valence-corrected chi connectivity index (χ1v) is 3.14. The number of rotatable bonds is 1. The average molecular weight is 169 g/mol. The SMILES string of the molecule is [Cl-].[NH3+]C[C@H]1NC[C@H](O)[C@@H]1O. The van der Waals surface area contributed by atoms with E-state index in [9.17, 15) is 0 Å². The van der Waals surface area contributed by atoms with Gasteiger partial charge in [-0.15, -0.1) is 0 Å². The third kappa shape index (κ3) is 1.81. The first-order valence-electron chi connectivity index (χ1n) is 3.14. The molecule has 6 N–H and O–H groups in total. The number of quaternary nitrogens is 1. The maximum atomic E-state index is 9.10. The first-order chi connectivity index (χ1) is 4.25. The molecule has 10 heavy (non-hydrogen) atoms. The zero-order valence-corrected chi connectivity index (χ0v) is 6.38. The fourth-order valence-electron chi connectivity index (χ4n) is 1.05. The number of hydrogen-bond acceptors (Lipinski definition) is 3. The largest absolute Gasteiger partial charge is 1.00 e. The molecular weight excluding hydrogens is 156 g/mol. The molecule has 1 rings (SSSR count). The molecule has 0 radical (unpaired) electrons. The molecule has 0 bridgehead atoms. The third-order valence-electron chi connectivity index (χ3n) is 1.71. The van der Waals surface area contributed by atoms with Crippen molar-refractivity contribution in [3.05, 3.63) is 0 Å². The number of β-amino-alcohol motifs (C(OH)–C–C–N with tert-alkyl or cyclic N) is 1. The van der Waals surface area contributed by atoms with E-state index < -0.39 is 12.2 Å². The summed E-state index contributed by atoms with van der Waals surface area (Å²) in [5.41, 5.74) is 3.62. The monoisotopic (exact) mass is 168 g/mol. The van der Waals surface area contributed by atoms with Gasteiger partial charge in [0.05, 0.1) is 18.7 Å². The lowest BCUT2D eigenvalue weighted by atomic mass is 10.1. The minimum absolute atomic E-state index is 0. The van der Waals surface area contributed by atoms with Crippen LogP contribution in [0.25, 0.3) is 0 Å². The Morgan fingerprint density at radius 3 is 2.30 bits per heavy atom. The summed E-state index contributed by atoms with van der Waals surface area (Å²) in [7, 11) is 0. The average Bonchev–Trinajstić information content (AvgIpc) is 2.15. The zero-order valence-electron chi connectivity index (χ0n) is 5.63. The normalized spacial score (nSPS) is 39.3. The van der Waals surface area contributed by atoms with Crippen molar-refractivity contribution in [1.82, 2.24) is 5.32 Å². The Kier molecular flexibility index (Phi) is 4.15. The molecule has 1 saturated heterocycles. The molecule has 0 unspecified atom stereocenters. The molecule has 0 aromatic carbocycles. The number of aliphatic hydroxyl groups is 2. The van der Waals surface area contributed by atoms with E-state index in [0.717, 1.165) is 0 Å². The topological polar surface area (TPSA) is 80.1 Å². The van der Waals surface area contributed by atoms with Crippen LogP contribution < -0.4 is 23.5 Å². The standard InChI is InChI=1S/C5H12N2O2.ClH/c6-1-3-5(9)4(8)2-7-3;/h3-5,7-9H,1-2,6H2;1H/t3-,4+,5-;/m1./s1. The van der Waals surface area contributed by atoms with Gasteiger partial charge in [0.15, 0.2) is 0 Å². The second-order valence-corrected chi connectivity index (χ2v) is 2.36.